The molecule has 0 aromatic carbocycles. The fourth-order valence-corrected chi connectivity index (χ4v) is 3.22. The SMILES string of the molecule is O=C(O)C1NCCNC1c1ccc(Br)s1. The third kappa shape index (κ3) is 2.39. The number of thiophene rings is 1. The summed E-state index contributed by atoms with van der Waals surface area (Å²) in [7, 11) is 0. The molecule has 0 radical (unpaired) electrons. The molecule has 1 aliphatic rings. The maximum absolute atomic E-state index is 11.0. The molecular weight excluding hydrogens is 280 g/mol. The van der Waals surface area contributed by atoms with Crippen molar-refractivity contribution in [3.05, 3.63) is 20.8 Å². The van der Waals surface area contributed by atoms with Crippen LogP contribution in [0.1, 0.15) is 10.9 Å². The first-order valence-electron chi connectivity index (χ1n) is 4.63. The summed E-state index contributed by atoms with van der Waals surface area (Å²) in [6.07, 6.45) is 0. The third-order valence-corrected chi connectivity index (χ3v) is 4.06. The van der Waals surface area contributed by atoms with Crippen molar-refractivity contribution in [2.45, 2.75) is 12.1 Å². The number of piperazine rings is 1. The van der Waals surface area contributed by atoms with Gasteiger partial charge in [-0.3, -0.25) is 4.79 Å². The Bertz CT molecular complexity index is 369. The van der Waals surface area contributed by atoms with Crippen LogP contribution in [0.25, 0.3) is 0 Å². The second kappa shape index (κ2) is 4.61. The zero-order valence-corrected chi connectivity index (χ0v) is 10.3. The average molecular weight is 291 g/mol. The zero-order chi connectivity index (χ0) is 10.8. The highest BCUT2D eigenvalue weighted by molar-refractivity contribution is 9.11. The van der Waals surface area contributed by atoms with Crippen molar-refractivity contribution in [1.29, 1.82) is 0 Å². The van der Waals surface area contributed by atoms with Crippen LogP contribution in [-0.4, -0.2) is 30.2 Å². The summed E-state index contributed by atoms with van der Waals surface area (Å²) in [5, 5.41) is 15.3. The third-order valence-electron chi connectivity index (χ3n) is 2.35. The molecule has 1 aromatic rings. The van der Waals surface area contributed by atoms with E-state index in [-0.39, 0.29) is 6.04 Å². The Kier molecular flexibility index (Phi) is 3.40. The quantitative estimate of drug-likeness (QED) is 0.766. The Balaban J connectivity index is 2.21. The van der Waals surface area contributed by atoms with E-state index in [1.165, 1.54) is 0 Å². The van der Waals surface area contributed by atoms with Crippen LogP contribution in [0.2, 0.25) is 0 Å². The predicted molar refractivity (Wildman–Crippen MR) is 62.2 cm³/mol. The molecule has 0 aliphatic carbocycles. The van der Waals surface area contributed by atoms with Gasteiger partial charge in [0.1, 0.15) is 6.04 Å². The maximum Gasteiger partial charge on any atom is 0.322 e. The van der Waals surface area contributed by atoms with E-state index >= 15 is 0 Å². The molecule has 0 bridgehead atoms. The predicted octanol–water partition coefficient (Wildman–Crippen LogP) is 1.20. The van der Waals surface area contributed by atoms with Gasteiger partial charge in [0.2, 0.25) is 0 Å². The fraction of sp³-hybridized carbons (Fsp3) is 0.444. The van der Waals surface area contributed by atoms with E-state index < -0.39 is 12.0 Å². The molecule has 1 fully saturated rings. The van der Waals surface area contributed by atoms with Gasteiger partial charge in [0.25, 0.3) is 0 Å². The summed E-state index contributed by atoms with van der Waals surface area (Å²) in [5.74, 6) is -0.809. The Morgan fingerprint density at radius 1 is 1.47 bits per heavy atom. The number of hydrogen-bond donors (Lipinski definition) is 3. The smallest absolute Gasteiger partial charge is 0.322 e. The molecular formula is C9H11BrN2O2S. The van der Waals surface area contributed by atoms with Gasteiger partial charge in [0.05, 0.1) is 9.83 Å². The van der Waals surface area contributed by atoms with E-state index in [1.807, 2.05) is 12.1 Å². The van der Waals surface area contributed by atoms with Gasteiger partial charge in [0.15, 0.2) is 0 Å². The molecule has 3 N–H and O–H groups in total. The lowest BCUT2D eigenvalue weighted by atomic mass is 10.0. The van der Waals surface area contributed by atoms with Gasteiger partial charge in [-0.05, 0) is 28.1 Å². The topological polar surface area (TPSA) is 61.4 Å². The number of carbonyl (C=O) groups is 1. The number of carboxylic acids is 1. The molecule has 2 atom stereocenters. The van der Waals surface area contributed by atoms with E-state index in [9.17, 15) is 4.79 Å². The molecule has 15 heavy (non-hydrogen) atoms. The molecule has 82 valence electrons. The first kappa shape index (κ1) is 11.1. The molecule has 1 aliphatic heterocycles. The van der Waals surface area contributed by atoms with Crippen LogP contribution >= 0.6 is 27.3 Å². The second-order valence-electron chi connectivity index (χ2n) is 3.34. The first-order valence-corrected chi connectivity index (χ1v) is 6.24. The second-order valence-corrected chi connectivity index (χ2v) is 5.84. The first-order chi connectivity index (χ1) is 7.18. The molecule has 1 saturated heterocycles. The number of halogens is 1. The summed E-state index contributed by atoms with van der Waals surface area (Å²) >= 11 is 4.94. The van der Waals surface area contributed by atoms with Gasteiger partial charge in [-0.15, -0.1) is 11.3 Å². The van der Waals surface area contributed by atoms with Gasteiger partial charge in [-0.2, -0.15) is 0 Å². The average Bonchev–Trinajstić information content (AvgIpc) is 2.65. The number of hydrogen-bond acceptors (Lipinski definition) is 4. The molecule has 6 heteroatoms. The summed E-state index contributed by atoms with van der Waals surface area (Å²) in [5.41, 5.74) is 0. The lowest BCUT2D eigenvalue weighted by Gasteiger charge is -2.30. The van der Waals surface area contributed by atoms with Gasteiger partial charge in [-0.1, -0.05) is 0 Å². The van der Waals surface area contributed by atoms with Crippen molar-refractivity contribution in [2.24, 2.45) is 0 Å². The van der Waals surface area contributed by atoms with Crippen LogP contribution in [0.5, 0.6) is 0 Å². The number of nitrogens with one attached hydrogen (secondary N) is 2. The highest BCUT2D eigenvalue weighted by atomic mass is 79.9. The zero-order valence-electron chi connectivity index (χ0n) is 7.87. The molecule has 1 aromatic heterocycles. The minimum Gasteiger partial charge on any atom is -0.480 e. The van der Waals surface area contributed by atoms with E-state index in [0.29, 0.717) is 6.54 Å². The lowest BCUT2D eigenvalue weighted by molar-refractivity contribution is -0.140. The van der Waals surface area contributed by atoms with E-state index in [4.69, 9.17) is 5.11 Å². The summed E-state index contributed by atoms with van der Waals surface area (Å²) in [6, 6.07) is 3.22. The van der Waals surface area contributed by atoms with Crippen LogP contribution < -0.4 is 10.6 Å². The van der Waals surface area contributed by atoms with Crippen molar-refractivity contribution in [2.75, 3.05) is 13.1 Å². The molecule has 4 nitrogen and oxygen atoms in total. The van der Waals surface area contributed by atoms with Crippen molar-refractivity contribution < 1.29 is 9.90 Å². The Labute approximate surface area is 99.8 Å². The molecule has 0 amide bonds. The summed E-state index contributed by atoms with van der Waals surface area (Å²) in [4.78, 5) is 12.1. The standard InChI is InChI=1S/C9H11BrN2O2S/c10-6-2-1-5(15-6)7-8(9(13)14)12-4-3-11-7/h1-2,7-8,11-12H,3-4H2,(H,13,14). The summed E-state index contributed by atoms with van der Waals surface area (Å²) < 4.78 is 1.02. The van der Waals surface area contributed by atoms with Crippen LogP contribution in [0.15, 0.2) is 15.9 Å². The van der Waals surface area contributed by atoms with Gasteiger partial charge >= 0.3 is 5.97 Å². The largest absolute Gasteiger partial charge is 0.480 e. The number of aliphatic carboxylic acids is 1. The minimum absolute atomic E-state index is 0.132. The normalized spacial score (nSPS) is 26.5. The molecule has 2 unspecified atom stereocenters. The fourth-order valence-electron chi connectivity index (χ4n) is 1.68. The lowest BCUT2D eigenvalue weighted by Crippen LogP contribution is -2.54. The molecule has 2 heterocycles. The van der Waals surface area contributed by atoms with E-state index in [0.717, 1.165) is 15.2 Å². The van der Waals surface area contributed by atoms with Crippen LogP contribution in [-0.2, 0) is 4.79 Å². The van der Waals surface area contributed by atoms with Gasteiger partial charge in [0, 0.05) is 18.0 Å². The molecule has 0 saturated carbocycles. The highest BCUT2D eigenvalue weighted by Crippen LogP contribution is 2.29. The maximum atomic E-state index is 11.0. The Morgan fingerprint density at radius 2 is 2.20 bits per heavy atom. The van der Waals surface area contributed by atoms with Crippen molar-refractivity contribution in [3.63, 3.8) is 0 Å². The monoisotopic (exact) mass is 290 g/mol. The highest BCUT2D eigenvalue weighted by Gasteiger charge is 2.32. The minimum atomic E-state index is -0.809. The summed E-state index contributed by atoms with van der Waals surface area (Å²) in [6.45, 7) is 1.49. The van der Waals surface area contributed by atoms with Crippen molar-refractivity contribution in [1.82, 2.24) is 10.6 Å². The Morgan fingerprint density at radius 3 is 2.80 bits per heavy atom. The molecule has 2 rings (SSSR count). The van der Waals surface area contributed by atoms with Gasteiger partial charge in [-0.25, -0.2) is 0 Å². The molecule has 0 spiro atoms. The number of carboxylic acid groups (broad SMARTS) is 1. The van der Waals surface area contributed by atoms with E-state index in [1.54, 1.807) is 11.3 Å². The number of rotatable bonds is 2. The van der Waals surface area contributed by atoms with Crippen molar-refractivity contribution >= 4 is 33.2 Å². The van der Waals surface area contributed by atoms with Crippen LogP contribution in [0.3, 0.4) is 0 Å². The van der Waals surface area contributed by atoms with Crippen LogP contribution in [0.4, 0.5) is 0 Å². The van der Waals surface area contributed by atoms with Crippen molar-refractivity contribution in [3.8, 4) is 0 Å². The van der Waals surface area contributed by atoms with Crippen LogP contribution in [0, 0.1) is 0 Å². The Hall–Kier alpha value is -0.430. The van der Waals surface area contributed by atoms with Gasteiger partial charge < -0.3 is 15.7 Å². The van der Waals surface area contributed by atoms with E-state index in [2.05, 4.69) is 26.6 Å².